The van der Waals surface area contributed by atoms with Crippen molar-refractivity contribution in [2.45, 2.75) is 272 Å². The van der Waals surface area contributed by atoms with Crippen molar-refractivity contribution >= 4 is 16.2 Å². The molecule has 33 atom stereocenters. The summed E-state index contributed by atoms with van der Waals surface area (Å²) in [5.41, 5.74) is -0.524. The number of fused-ring (bicyclic) bond motifs is 5. The van der Waals surface area contributed by atoms with Crippen LogP contribution in [0.4, 0.5) is 0 Å². The summed E-state index contributed by atoms with van der Waals surface area (Å²) in [5.74, 6) is -1.15. The van der Waals surface area contributed by atoms with Gasteiger partial charge in [0.15, 0.2) is 37.2 Å². The van der Waals surface area contributed by atoms with Gasteiger partial charge in [0, 0.05) is 6.42 Å². The monoisotopic (exact) mass is 1240 g/mol. The minimum Gasteiger partial charge on any atom is -0.394 e. The zero-order valence-corrected chi connectivity index (χ0v) is 49.7. The van der Waals surface area contributed by atoms with Crippen LogP contribution in [-0.2, 0) is 66.7 Å². The number of ketones is 1. The molecule has 5 aliphatic heterocycles. The van der Waals surface area contributed by atoms with Gasteiger partial charge in [-0.05, 0) is 127 Å². The van der Waals surface area contributed by atoms with Gasteiger partial charge in [-0.2, -0.15) is 8.42 Å². The molecule has 488 valence electrons. The van der Waals surface area contributed by atoms with Gasteiger partial charge in [0.1, 0.15) is 97.7 Å². The number of hydrogen-bond acceptors (Lipinski definition) is 27. The van der Waals surface area contributed by atoms with Crippen LogP contribution in [0, 0.1) is 34.5 Å². The molecule has 85 heavy (non-hydrogen) atoms. The lowest BCUT2D eigenvalue weighted by molar-refractivity contribution is -0.398. The van der Waals surface area contributed by atoms with Gasteiger partial charge in [0.25, 0.3) is 0 Å². The number of aliphatic hydroxyl groups is 13. The maximum atomic E-state index is 13.1. The highest BCUT2D eigenvalue weighted by molar-refractivity contribution is 7.80. The van der Waals surface area contributed by atoms with E-state index in [1.807, 2.05) is 13.8 Å². The molecule has 3 saturated carbocycles. The number of carbonyl (C=O) groups is 1. The molecule has 0 aromatic carbocycles. The molecule has 28 nitrogen and oxygen atoms in total. The zero-order chi connectivity index (χ0) is 62.3. The van der Waals surface area contributed by atoms with E-state index in [1.54, 1.807) is 6.92 Å². The maximum Gasteiger partial charge on any atom is 0.397 e. The smallest absolute Gasteiger partial charge is 0.394 e. The number of rotatable bonds is 17. The van der Waals surface area contributed by atoms with Crippen molar-refractivity contribution in [3.05, 3.63) is 23.3 Å². The fourth-order valence-corrected chi connectivity index (χ4v) is 16.1. The summed E-state index contributed by atoms with van der Waals surface area (Å²) in [6.07, 6.45) is -36.1. The Morgan fingerprint density at radius 3 is 1.78 bits per heavy atom. The maximum absolute atomic E-state index is 13.1. The fourth-order valence-electron chi connectivity index (χ4n) is 15.6. The van der Waals surface area contributed by atoms with Crippen LogP contribution in [0.3, 0.4) is 0 Å². The first-order chi connectivity index (χ1) is 39.7. The third kappa shape index (κ3) is 13.4. The Balaban J connectivity index is 0.985. The Kier molecular flexibility index (Phi) is 20.6. The fraction of sp³-hybridized carbons (Fsp3) is 0.911. The third-order valence-electron chi connectivity index (χ3n) is 20.1. The topological polar surface area (TPSA) is 436 Å². The van der Waals surface area contributed by atoms with Gasteiger partial charge in [-0.1, -0.05) is 31.1 Å². The van der Waals surface area contributed by atoms with Crippen molar-refractivity contribution in [3.8, 4) is 0 Å². The summed E-state index contributed by atoms with van der Waals surface area (Å²) in [7, 11) is -4.89. The Labute approximate surface area is 493 Å². The zero-order valence-electron chi connectivity index (χ0n) is 48.9. The first-order valence-electron chi connectivity index (χ1n) is 29.6. The van der Waals surface area contributed by atoms with E-state index < -0.39 is 206 Å². The molecule has 0 amide bonds. The van der Waals surface area contributed by atoms with Gasteiger partial charge < -0.3 is 114 Å². The van der Waals surface area contributed by atoms with E-state index in [2.05, 4.69) is 19.9 Å². The second-order valence-corrected chi connectivity index (χ2v) is 27.3. The summed E-state index contributed by atoms with van der Waals surface area (Å²) < 4.78 is 100. The molecule has 14 N–H and O–H groups in total. The van der Waals surface area contributed by atoms with Crippen LogP contribution in [0.25, 0.3) is 0 Å². The number of aliphatic hydroxyl groups excluding tert-OH is 12. The molecule has 0 bridgehead atoms. The van der Waals surface area contributed by atoms with E-state index >= 15 is 0 Å². The average molecular weight is 1240 g/mol. The summed E-state index contributed by atoms with van der Waals surface area (Å²) in [4.78, 5) is 13.1. The minimum absolute atomic E-state index is 0.0200. The molecule has 9 rings (SSSR count). The van der Waals surface area contributed by atoms with Gasteiger partial charge >= 0.3 is 10.4 Å². The number of allylic oxidation sites excluding steroid dienone is 4. The van der Waals surface area contributed by atoms with Crippen molar-refractivity contribution in [1.29, 1.82) is 0 Å². The standard InChI is InChI=1S/C56H90O28S/c1-21(2)15-25(58)18-56(8,70)34-10-9-28-27-17-31(30-16-26(84-85(71,72)73)11-13-54(30,6)29(27)12-14-55(28,34)7)78-51-45(69)46(37(61)24(5)77-51)81-52-47(82-49-43(67)40(64)35(59)22(3)75-49)39(63)33(20-74-52)80-53-48(42(66)38(62)32(19-57)79-53)83-50-44(68)41(65)36(60)23(4)76-50/h12,15,22-24,26-28,30-53,57,59-70H,9-11,13-14,16-20H2,1-8H3,(H,71,72,73)/t22-,23-,24-,26+,27?,28?,30?,31+,32-,33-,34+,35-,36+,37-,38+,39+,40+,41+,42+,43-,44-,45-,46+,47-,48-,49+,50+,51+,52+,53+,54-,55+,56?/m1/s1. The highest BCUT2D eigenvalue weighted by Crippen LogP contribution is 2.67. The molecular weight excluding hydrogens is 1150 g/mol. The molecule has 9 aliphatic rings. The first kappa shape index (κ1) is 67.5. The van der Waals surface area contributed by atoms with Gasteiger partial charge in [0.2, 0.25) is 0 Å². The van der Waals surface area contributed by atoms with Crippen LogP contribution in [-0.4, -0.2) is 264 Å². The van der Waals surface area contributed by atoms with Crippen molar-refractivity contribution in [2.75, 3.05) is 13.2 Å². The van der Waals surface area contributed by atoms with Crippen molar-refractivity contribution in [2.24, 2.45) is 34.5 Å². The highest BCUT2D eigenvalue weighted by atomic mass is 32.3. The molecule has 0 spiro atoms. The molecule has 5 heterocycles. The minimum atomic E-state index is -4.89. The predicted octanol–water partition coefficient (Wildman–Crippen LogP) is -2.76. The molecule has 29 heteroatoms. The number of ether oxygens (including phenoxy) is 10. The normalized spacial score (nSPS) is 51.1. The second-order valence-electron chi connectivity index (χ2n) is 26.2. The van der Waals surface area contributed by atoms with Gasteiger partial charge in [0.05, 0.1) is 49.3 Å². The van der Waals surface area contributed by atoms with Crippen molar-refractivity contribution in [1.82, 2.24) is 0 Å². The summed E-state index contributed by atoms with van der Waals surface area (Å²) in [6.45, 7) is 12.2. The van der Waals surface area contributed by atoms with Crippen LogP contribution in [0.2, 0.25) is 0 Å². The lowest BCUT2D eigenvalue weighted by Crippen LogP contribution is -2.67. The Morgan fingerprint density at radius 1 is 0.647 bits per heavy atom. The van der Waals surface area contributed by atoms with Crippen LogP contribution in [0.5, 0.6) is 0 Å². The lowest BCUT2D eigenvalue weighted by atomic mass is 9.47. The van der Waals surface area contributed by atoms with Crippen LogP contribution in [0.1, 0.15) is 107 Å². The molecular formula is C56H90O28S. The molecule has 8 fully saturated rings. The summed E-state index contributed by atoms with van der Waals surface area (Å²) >= 11 is 0. The van der Waals surface area contributed by atoms with E-state index in [4.69, 9.17) is 51.6 Å². The van der Waals surface area contributed by atoms with Gasteiger partial charge in [-0.3, -0.25) is 9.35 Å². The van der Waals surface area contributed by atoms with E-state index in [0.29, 0.717) is 32.1 Å². The van der Waals surface area contributed by atoms with E-state index in [1.165, 1.54) is 26.8 Å². The summed E-state index contributed by atoms with van der Waals surface area (Å²) in [5, 5.41) is 145. The van der Waals surface area contributed by atoms with Crippen molar-refractivity contribution in [3.63, 3.8) is 0 Å². The Morgan fingerprint density at radius 2 is 1.20 bits per heavy atom. The number of hydrogen-bond donors (Lipinski definition) is 14. The Hall–Kier alpha value is -1.90. The summed E-state index contributed by atoms with van der Waals surface area (Å²) in [6, 6.07) is 0. The quantitative estimate of drug-likeness (QED) is 0.0399. The largest absolute Gasteiger partial charge is 0.397 e. The number of carbonyl (C=O) groups excluding carboxylic acids is 1. The molecule has 4 unspecified atom stereocenters. The SMILES string of the molecule is CC(C)=CC(=O)CC(C)(O)[C@H]1CCC2C3C[C@H](O[C@@H]4O[C@H](C)[C@@H](O)[C@H](O[C@@H]5OC[C@@H](O[C@@H]6O[C@H](CO)[C@H](O)[C@H](O)[C@H]6O[C@@H]6O[C@H](C)[C@H](O)[C@H](O)[C@H]6O)[C@H](O)[C@H]5O[C@@H]5O[C@H](C)[C@@H](O)[C@H](O)[C@H]5O)[C@H]4O)C4C[C@@H](OS(=O)(=O)O)CC[C@]4(C)C3=CC[C@@]21C. The van der Waals surface area contributed by atoms with E-state index in [9.17, 15) is 84.1 Å². The first-order valence-corrected chi connectivity index (χ1v) is 30.9. The average Bonchev–Trinajstić information content (AvgIpc) is 1.71. The second kappa shape index (κ2) is 26.0. The Bertz CT molecular complexity index is 2480. The predicted molar refractivity (Wildman–Crippen MR) is 286 cm³/mol. The molecule has 0 aromatic heterocycles. The molecule has 0 aromatic rings. The van der Waals surface area contributed by atoms with Crippen LogP contribution < -0.4 is 0 Å². The van der Waals surface area contributed by atoms with E-state index in [0.717, 1.165) is 11.1 Å². The van der Waals surface area contributed by atoms with Gasteiger partial charge in [-0.15, -0.1) is 0 Å². The van der Waals surface area contributed by atoms with Gasteiger partial charge in [-0.25, -0.2) is 4.18 Å². The van der Waals surface area contributed by atoms with Crippen molar-refractivity contribution < 1.29 is 136 Å². The van der Waals surface area contributed by atoms with E-state index in [-0.39, 0.29) is 42.8 Å². The molecule has 5 saturated heterocycles. The molecule has 0 radical (unpaired) electrons. The lowest BCUT2D eigenvalue weighted by Gasteiger charge is -2.60. The highest BCUT2D eigenvalue weighted by Gasteiger charge is 2.64. The molecule has 4 aliphatic carbocycles. The van der Waals surface area contributed by atoms with Crippen LogP contribution >= 0.6 is 0 Å². The third-order valence-corrected chi connectivity index (χ3v) is 20.6. The van der Waals surface area contributed by atoms with Crippen LogP contribution in [0.15, 0.2) is 23.3 Å².